The molecule has 22 heavy (non-hydrogen) atoms. The van der Waals surface area contributed by atoms with Crippen molar-refractivity contribution in [3.63, 3.8) is 0 Å². The first-order valence-corrected chi connectivity index (χ1v) is 9.22. The Morgan fingerprint density at radius 1 is 1.41 bits per heavy atom. The first kappa shape index (κ1) is 17.7. The van der Waals surface area contributed by atoms with Crippen LogP contribution < -0.4 is 0 Å². The van der Waals surface area contributed by atoms with E-state index in [4.69, 9.17) is 16.3 Å². The molecule has 5 nitrogen and oxygen atoms in total. The van der Waals surface area contributed by atoms with Gasteiger partial charge in [-0.3, -0.25) is 4.90 Å². The maximum Gasteiger partial charge on any atom is 0.244 e. The largest absolute Gasteiger partial charge is 0.379 e. The topological polar surface area (TPSA) is 49.9 Å². The van der Waals surface area contributed by atoms with Gasteiger partial charge >= 0.3 is 0 Å². The molecule has 1 aliphatic rings. The SMILES string of the molecule is CC(C)N(CCN1CCOCC1)S(=O)(=O)c1c[c]ccc1Cl. The fraction of sp³-hybridized carbons (Fsp3) is 0.600. The molecule has 0 aliphatic carbocycles. The van der Waals surface area contributed by atoms with Gasteiger partial charge in [0, 0.05) is 32.2 Å². The Morgan fingerprint density at radius 3 is 2.68 bits per heavy atom. The Kier molecular flexibility index (Phi) is 6.23. The van der Waals surface area contributed by atoms with Crippen LogP contribution in [0.15, 0.2) is 23.1 Å². The first-order valence-electron chi connectivity index (χ1n) is 7.40. The standard InChI is InChI=1S/C15H22ClN2O3S/c1-13(2)18(8-7-17-9-11-21-12-10-17)22(19,20)15-6-4-3-5-14(15)16/h3,5-6,13H,7-12H2,1-2H3. The van der Waals surface area contributed by atoms with E-state index in [2.05, 4.69) is 11.0 Å². The quantitative estimate of drug-likeness (QED) is 0.789. The maximum atomic E-state index is 12.8. The molecule has 2 rings (SSSR count). The lowest BCUT2D eigenvalue weighted by Crippen LogP contribution is -2.45. The molecule has 1 heterocycles. The maximum absolute atomic E-state index is 12.8. The molecule has 1 saturated heterocycles. The number of hydrogen-bond donors (Lipinski definition) is 0. The lowest BCUT2D eigenvalue weighted by atomic mass is 10.3. The van der Waals surface area contributed by atoms with Crippen molar-refractivity contribution in [3.05, 3.63) is 29.3 Å². The van der Waals surface area contributed by atoms with Crippen molar-refractivity contribution in [2.45, 2.75) is 24.8 Å². The van der Waals surface area contributed by atoms with Crippen molar-refractivity contribution in [1.82, 2.24) is 9.21 Å². The highest BCUT2D eigenvalue weighted by molar-refractivity contribution is 7.89. The van der Waals surface area contributed by atoms with Crippen molar-refractivity contribution in [2.24, 2.45) is 0 Å². The van der Waals surface area contributed by atoms with Gasteiger partial charge < -0.3 is 4.74 Å². The highest BCUT2D eigenvalue weighted by atomic mass is 35.5. The van der Waals surface area contributed by atoms with Crippen LogP contribution in [0.1, 0.15) is 13.8 Å². The number of halogens is 1. The minimum absolute atomic E-state index is 0.118. The molecule has 0 atom stereocenters. The van der Waals surface area contributed by atoms with Crippen LogP contribution in [0.4, 0.5) is 0 Å². The fourth-order valence-corrected chi connectivity index (χ4v) is 4.51. The van der Waals surface area contributed by atoms with Crippen molar-refractivity contribution in [1.29, 1.82) is 0 Å². The van der Waals surface area contributed by atoms with Gasteiger partial charge in [0.05, 0.1) is 18.2 Å². The van der Waals surface area contributed by atoms with Gasteiger partial charge in [-0.05, 0) is 32.0 Å². The summed E-state index contributed by atoms with van der Waals surface area (Å²) in [6.45, 7) is 7.95. The number of sulfonamides is 1. The summed E-state index contributed by atoms with van der Waals surface area (Å²) in [5.74, 6) is 0. The van der Waals surface area contributed by atoms with Gasteiger partial charge in [-0.2, -0.15) is 4.31 Å². The number of hydrogen-bond acceptors (Lipinski definition) is 4. The third-order valence-electron chi connectivity index (χ3n) is 3.68. The molecule has 1 aromatic carbocycles. The highest BCUT2D eigenvalue weighted by Gasteiger charge is 2.29. The third-order valence-corrected chi connectivity index (χ3v) is 6.24. The second-order valence-electron chi connectivity index (χ2n) is 5.52. The molecule has 0 unspecified atom stereocenters. The number of benzene rings is 1. The van der Waals surface area contributed by atoms with Crippen LogP contribution in [-0.2, 0) is 14.8 Å². The van der Waals surface area contributed by atoms with Crippen LogP contribution in [0, 0.1) is 6.07 Å². The lowest BCUT2D eigenvalue weighted by molar-refractivity contribution is 0.0356. The Morgan fingerprint density at radius 2 is 2.09 bits per heavy atom. The van der Waals surface area contributed by atoms with Crippen LogP contribution >= 0.6 is 11.6 Å². The van der Waals surface area contributed by atoms with Crippen molar-refractivity contribution in [2.75, 3.05) is 39.4 Å². The molecule has 7 heteroatoms. The number of nitrogens with zero attached hydrogens (tertiary/aromatic N) is 2. The lowest BCUT2D eigenvalue weighted by Gasteiger charge is -2.31. The van der Waals surface area contributed by atoms with Gasteiger partial charge in [0.25, 0.3) is 0 Å². The minimum atomic E-state index is -3.62. The molecule has 0 spiro atoms. The average Bonchev–Trinajstić information content (AvgIpc) is 2.48. The summed E-state index contributed by atoms with van der Waals surface area (Å²) < 4.78 is 32.5. The van der Waals surface area contributed by atoms with Crippen LogP contribution in [-0.4, -0.2) is 63.1 Å². The summed E-state index contributed by atoms with van der Waals surface area (Å²) in [4.78, 5) is 2.33. The van der Waals surface area contributed by atoms with Gasteiger partial charge in [-0.25, -0.2) is 8.42 Å². The van der Waals surface area contributed by atoms with Crippen molar-refractivity contribution < 1.29 is 13.2 Å². The van der Waals surface area contributed by atoms with Crippen molar-refractivity contribution >= 4 is 21.6 Å². The van der Waals surface area contributed by atoms with E-state index in [0.717, 1.165) is 13.1 Å². The smallest absolute Gasteiger partial charge is 0.244 e. The molecule has 0 bridgehead atoms. The monoisotopic (exact) mass is 345 g/mol. The molecule has 123 valence electrons. The molecule has 0 saturated carbocycles. The average molecular weight is 346 g/mol. The Labute approximate surface area is 137 Å². The van der Waals surface area contributed by atoms with Gasteiger partial charge in [0.15, 0.2) is 0 Å². The molecule has 0 N–H and O–H groups in total. The third kappa shape index (κ3) is 4.20. The first-order chi connectivity index (χ1) is 10.4. The Hall–Kier alpha value is -0.660. The minimum Gasteiger partial charge on any atom is -0.379 e. The summed E-state index contributed by atoms with van der Waals surface area (Å²) in [6.07, 6.45) is 0. The second-order valence-corrected chi connectivity index (χ2v) is 7.79. The van der Waals surface area contributed by atoms with Gasteiger partial charge in [-0.1, -0.05) is 17.7 Å². The normalized spacial score (nSPS) is 17.3. The number of rotatable bonds is 6. The fourth-order valence-electron chi connectivity index (χ4n) is 2.44. The van der Waals surface area contributed by atoms with E-state index in [1.54, 1.807) is 12.1 Å². The van der Waals surface area contributed by atoms with E-state index >= 15 is 0 Å². The number of morpholine rings is 1. The van der Waals surface area contributed by atoms with Crippen LogP contribution in [0.5, 0.6) is 0 Å². The highest BCUT2D eigenvalue weighted by Crippen LogP contribution is 2.25. The van der Waals surface area contributed by atoms with E-state index in [1.807, 2.05) is 13.8 Å². The second kappa shape index (κ2) is 7.75. The summed E-state index contributed by atoms with van der Waals surface area (Å²) in [5.41, 5.74) is 0. The van der Waals surface area contributed by atoms with Crippen LogP contribution in [0.25, 0.3) is 0 Å². The zero-order valence-electron chi connectivity index (χ0n) is 13.0. The van der Waals surface area contributed by atoms with E-state index in [1.165, 1.54) is 10.4 Å². The predicted molar refractivity (Wildman–Crippen MR) is 86.6 cm³/mol. The van der Waals surface area contributed by atoms with E-state index in [-0.39, 0.29) is 16.0 Å². The summed E-state index contributed by atoms with van der Waals surface area (Å²) in [7, 11) is -3.62. The summed E-state index contributed by atoms with van der Waals surface area (Å²) >= 11 is 6.05. The molecular formula is C15H22ClN2O3S. The number of ether oxygens (including phenoxy) is 1. The Bertz CT molecular complexity index is 586. The molecule has 1 aromatic rings. The molecule has 0 aromatic heterocycles. The van der Waals surface area contributed by atoms with E-state index in [0.29, 0.717) is 26.3 Å². The van der Waals surface area contributed by atoms with Crippen LogP contribution in [0.2, 0.25) is 5.02 Å². The molecule has 0 amide bonds. The summed E-state index contributed by atoms with van der Waals surface area (Å²) in [6, 6.07) is 7.24. The zero-order valence-corrected chi connectivity index (χ0v) is 14.5. The Balaban J connectivity index is 2.14. The predicted octanol–water partition coefficient (Wildman–Crippen LogP) is 1.87. The van der Waals surface area contributed by atoms with Crippen molar-refractivity contribution in [3.8, 4) is 0 Å². The van der Waals surface area contributed by atoms with Crippen LogP contribution in [0.3, 0.4) is 0 Å². The van der Waals surface area contributed by atoms with E-state index in [9.17, 15) is 8.42 Å². The molecule has 1 radical (unpaired) electrons. The van der Waals surface area contributed by atoms with Gasteiger partial charge in [0.2, 0.25) is 10.0 Å². The summed E-state index contributed by atoms with van der Waals surface area (Å²) in [5, 5.41) is 0.232. The van der Waals surface area contributed by atoms with Gasteiger partial charge in [-0.15, -0.1) is 0 Å². The molecule has 1 aliphatic heterocycles. The van der Waals surface area contributed by atoms with Gasteiger partial charge in [0.1, 0.15) is 4.90 Å². The molecule has 1 fully saturated rings. The zero-order chi connectivity index (χ0) is 16.2. The molecular weight excluding hydrogens is 324 g/mol. The van der Waals surface area contributed by atoms with E-state index < -0.39 is 10.0 Å².